The first-order valence-corrected chi connectivity index (χ1v) is 12.5. The molecule has 11 heteroatoms. The van der Waals surface area contributed by atoms with E-state index in [9.17, 15) is 5.11 Å². The minimum absolute atomic E-state index is 0.154. The lowest BCUT2D eigenvalue weighted by molar-refractivity contribution is -0.134. The fourth-order valence-electron chi connectivity index (χ4n) is 4.82. The van der Waals surface area contributed by atoms with Crippen LogP contribution >= 0.6 is 23.2 Å². The highest BCUT2D eigenvalue weighted by Crippen LogP contribution is 2.38. The number of rotatable bonds is 6. The molecule has 4 atom stereocenters. The van der Waals surface area contributed by atoms with Gasteiger partial charge in [-0.05, 0) is 51.4 Å². The van der Waals surface area contributed by atoms with E-state index < -0.39 is 11.8 Å². The highest BCUT2D eigenvalue weighted by Gasteiger charge is 2.40. The summed E-state index contributed by atoms with van der Waals surface area (Å²) in [7, 11) is 0. The topological polar surface area (TPSA) is 88.3 Å². The number of hydrogen-bond acceptors (Lipinski definition) is 7. The third kappa shape index (κ3) is 5.11. The minimum atomic E-state index is -1.02. The highest BCUT2D eigenvalue weighted by molar-refractivity contribution is 6.32. The van der Waals surface area contributed by atoms with Crippen LogP contribution in [0.1, 0.15) is 38.7 Å². The monoisotopic (exact) mass is 522 g/mol. The van der Waals surface area contributed by atoms with Crippen molar-refractivity contribution in [3.63, 3.8) is 0 Å². The molecule has 8 nitrogen and oxygen atoms in total. The van der Waals surface area contributed by atoms with Crippen molar-refractivity contribution in [2.24, 2.45) is 0 Å². The zero-order valence-electron chi connectivity index (χ0n) is 19.9. The predicted octanol–water partition coefficient (Wildman–Crippen LogP) is 4.56. The molecule has 0 radical (unpaired) electrons. The van der Waals surface area contributed by atoms with Crippen LogP contribution in [-0.4, -0.2) is 73.4 Å². The Labute approximate surface area is 213 Å². The Balaban J connectivity index is 1.36. The number of nitrogens with zero attached hydrogens (tertiary/aromatic N) is 5. The molecule has 2 saturated heterocycles. The third-order valence-corrected chi connectivity index (χ3v) is 7.50. The summed E-state index contributed by atoms with van der Waals surface area (Å²) in [5.74, 6) is 0.0430. The molecule has 5 rings (SSSR count). The van der Waals surface area contributed by atoms with E-state index in [1.807, 2.05) is 13.0 Å². The zero-order chi connectivity index (χ0) is 24.9. The summed E-state index contributed by atoms with van der Waals surface area (Å²) < 4.78 is 22.3. The van der Waals surface area contributed by atoms with E-state index in [1.165, 1.54) is 4.68 Å². The molecule has 0 amide bonds. The lowest BCUT2D eigenvalue weighted by Crippen LogP contribution is -2.58. The number of aliphatic hydroxyl groups is 1. The highest BCUT2D eigenvalue weighted by atomic mass is 35.5. The van der Waals surface area contributed by atoms with Crippen LogP contribution in [0.2, 0.25) is 10.2 Å². The molecule has 0 saturated carbocycles. The van der Waals surface area contributed by atoms with Crippen LogP contribution in [-0.2, 0) is 11.3 Å². The maximum atomic E-state index is 15.3. The number of anilines is 2. The van der Waals surface area contributed by atoms with Gasteiger partial charge in [-0.15, -0.1) is 0 Å². The minimum Gasteiger partial charge on any atom is -0.389 e. The van der Waals surface area contributed by atoms with Gasteiger partial charge in [0.25, 0.3) is 0 Å². The molecular weight excluding hydrogens is 494 g/mol. The van der Waals surface area contributed by atoms with E-state index >= 15 is 4.39 Å². The van der Waals surface area contributed by atoms with Crippen LogP contribution < -0.4 is 5.32 Å². The number of benzene rings is 1. The van der Waals surface area contributed by atoms with Gasteiger partial charge < -0.3 is 15.2 Å². The van der Waals surface area contributed by atoms with Crippen LogP contribution in [0, 0.1) is 0 Å². The fraction of sp³-hybridized carbons (Fsp3) is 0.542. The first-order valence-electron chi connectivity index (χ1n) is 11.8. The molecule has 35 heavy (non-hydrogen) atoms. The van der Waals surface area contributed by atoms with E-state index in [2.05, 4.69) is 25.3 Å². The second-order valence-corrected chi connectivity index (χ2v) is 10.8. The Morgan fingerprint density at radius 3 is 2.74 bits per heavy atom. The Hall–Kier alpha value is -2.04. The number of nitrogens with one attached hydrogen (secondary N) is 1. The van der Waals surface area contributed by atoms with Gasteiger partial charge in [-0.25, -0.2) is 19.0 Å². The van der Waals surface area contributed by atoms with Crippen LogP contribution in [0.4, 0.5) is 16.0 Å². The molecule has 0 bridgehead atoms. The zero-order valence-corrected chi connectivity index (χ0v) is 21.4. The van der Waals surface area contributed by atoms with Gasteiger partial charge in [0.05, 0.1) is 48.3 Å². The molecule has 2 aliphatic rings. The van der Waals surface area contributed by atoms with Crippen molar-refractivity contribution in [2.75, 3.05) is 25.0 Å². The summed E-state index contributed by atoms with van der Waals surface area (Å²) in [5.41, 5.74) is 0.994. The van der Waals surface area contributed by atoms with E-state index in [0.29, 0.717) is 52.9 Å². The van der Waals surface area contributed by atoms with Crippen molar-refractivity contribution in [3.05, 3.63) is 40.3 Å². The SMILES string of the molecule is CC1OCC1N1CCC(c2cc3nc(Nc4cnn(CC(C)(C)O)c4Cl)ncc3cc2Cl)[C@@H](F)C1. The molecule has 2 N–H and O–H groups in total. The number of hydrogen-bond donors (Lipinski definition) is 2. The van der Waals surface area contributed by atoms with Crippen molar-refractivity contribution in [3.8, 4) is 0 Å². The van der Waals surface area contributed by atoms with Crippen LogP contribution in [0.15, 0.2) is 24.5 Å². The standard InChI is InChI=1S/C24H29Cl2FN6O2/c1-13-21(11-35-13)32-5-4-15(18(27)10-32)16-7-19-14(6-17(16)25)8-28-23(30-19)31-20-9-29-33(22(20)26)12-24(2,3)34/h6-9,13,15,18,21,34H,4-5,10-12H2,1-3H3,(H,28,30,31)/t13?,15?,18-,21?/m0/s1. The average molecular weight is 523 g/mol. The predicted molar refractivity (Wildman–Crippen MR) is 134 cm³/mol. The summed E-state index contributed by atoms with van der Waals surface area (Å²) in [6.07, 6.45) is 3.04. The maximum Gasteiger partial charge on any atom is 0.227 e. The van der Waals surface area contributed by atoms with Crippen molar-refractivity contribution < 1.29 is 14.2 Å². The van der Waals surface area contributed by atoms with Gasteiger partial charge in [0, 0.05) is 29.1 Å². The molecule has 188 valence electrons. The number of fused-ring (bicyclic) bond motifs is 1. The average Bonchev–Trinajstić information content (AvgIpc) is 3.10. The van der Waals surface area contributed by atoms with Crippen molar-refractivity contribution in [1.29, 1.82) is 0 Å². The molecule has 3 unspecified atom stereocenters. The second-order valence-electron chi connectivity index (χ2n) is 10.1. The third-order valence-electron chi connectivity index (χ3n) is 6.77. The number of ether oxygens (including phenoxy) is 1. The number of halogens is 3. The van der Waals surface area contributed by atoms with E-state index in [-0.39, 0.29) is 18.6 Å². The molecular formula is C24H29Cl2FN6O2. The van der Waals surface area contributed by atoms with Gasteiger partial charge in [0.15, 0.2) is 5.15 Å². The quantitative estimate of drug-likeness (QED) is 0.490. The molecule has 1 aromatic carbocycles. The van der Waals surface area contributed by atoms with Crippen LogP contribution in [0.5, 0.6) is 0 Å². The normalized spacial score (nSPS) is 25.6. The molecule has 2 fully saturated rings. The molecule has 3 aromatic rings. The van der Waals surface area contributed by atoms with E-state index in [4.69, 9.17) is 27.9 Å². The van der Waals surface area contributed by atoms with E-state index in [1.54, 1.807) is 32.3 Å². The van der Waals surface area contributed by atoms with Gasteiger partial charge in [-0.2, -0.15) is 5.10 Å². The molecule has 0 aliphatic carbocycles. The Bertz CT molecular complexity index is 1230. The lowest BCUT2D eigenvalue weighted by atomic mass is 9.86. The molecule has 2 aliphatic heterocycles. The lowest BCUT2D eigenvalue weighted by Gasteiger charge is -2.46. The number of aromatic nitrogens is 4. The van der Waals surface area contributed by atoms with Crippen molar-refractivity contribution >= 4 is 45.7 Å². The summed E-state index contributed by atoms with van der Waals surface area (Å²) in [6.45, 7) is 7.49. The molecule has 0 spiro atoms. The smallest absolute Gasteiger partial charge is 0.227 e. The van der Waals surface area contributed by atoms with Gasteiger partial charge in [0.2, 0.25) is 5.95 Å². The molecule has 4 heterocycles. The fourth-order valence-corrected chi connectivity index (χ4v) is 5.33. The number of alkyl halides is 1. The Kier molecular flexibility index (Phi) is 6.65. The summed E-state index contributed by atoms with van der Waals surface area (Å²) in [6, 6.07) is 3.96. The number of likely N-dealkylation sites (tertiary alicyclic amines) is 1. The summed E-state index contributed by atoms with van der Waals surface area (Å²) in [5, 5.41) is 19.0. The van der Waals surface area contributed by atoms with Crippen LogP contribution in [0.25, 0.3) is 10.9 Å². The van der Waals surface area contributed by atoms with Gasteiger partial charge >= 0.3 is 0 Å². The Morgan fingerprint density at radius 1 is 1.29 bits per heavy atom. The van der Waals surface area contributed by atoms with Crippen LogP contribution in [0.3, 0.4) is 0 Å². The van der Waals surface area contributed by atoms with Gasteiger partial charge in [-0.1, -0.05) is 23.2 Å². The van der Waals surface area contributed by atoms with Gasteiger partial charge in [0.1, 0.15) is 6.17 Å². The van der Waals surface area contributed by atoms with E-state index in [0.717, 1.165) is 17.5 Å². The second kappa shape index (κ2) is 9.44. The number of piperidine rings is 1. The van der Waals surface area contributed by atoms with Gasteiger partial charge in [-0.3, -0.25) is 4.90 Å². The first-order chi connectivity index (χ1) is 16.6. The summed E-state index contributed by atoms with van der Waals surface area (Å²) in [4.78, 5) is 11.2. The first kappa shape index (κ1) is 24.6. The molecule has 2 aromatic heterocycles. The summed E-state index contributed by atoms with van der Waals surface area (Å²) >= 11 is 13.0. The Morgan fingerprint density at radius 2 is 2.09 bits per heavy atom. The maximum absolute atomic E-state index is 15.3. The van der Waals surface area contributed by atoms with Crippen molar-refractivity contribution in [2.45, 2.75) is 63.6 Å². The van der Waals surface area contributed by atoms with Crippen molar-refractivity contribution in [1.82, 2.24) is 24.6 Å². The largest absolute Gasteiger partial charge is 0.389 e.